The SMILES string of the molecule is CCc1ccnc(-n2c3[c-]c(Oc4[c-]c(-n5nc(C)c(-c6c(C)cc(C)cc6C)c5C)cc(C(C)(C)C)c4)ccc3c3ccccc32)c1.[Pd+2]. The van der Waals surface area contributed by atoms with Crippen LogP contribution in [0.3, 0.4) is 0 Å². The van der Waals surface area contributed by atoms with Crippen LogP contribution in [0.2, 0.25) is 0 Å². The van der Waals surface area contributed by atoms with Crippen LogP contribution in [-0.4, -0.2) is 19.3 Å². The second kappa shape index (κ2) is 13.1. The summed E-state index contributed by atoms with van der Waals surface area (Å²) in [5.41, 5.74) is 13.4. The molecule has 3 aromatic heterocycles. The van der Waals surface area contributed by atoms with Gasteiger partial charge in [0, 0.05) is 34.5 Å². The Morgan fingerprint density at radius 2 is 1.51 bits per heavy atom. The van der Waals surface area contributed by atoms with Crippen LogP contribution in [0.1, 0.15) is 66.9 Å². The number of aromatic nitrogens is 4. The second-order valence-corrected chi connectivity index (χ2v) is 14.0. The molecule has 0 radical (unpaired) electrons. The number of fused-ring (bicyclic) bond motifs is 3. The van der Waals surface area contributed by atoms with Gasteiger partial charge in [-0.25, -0.2) is 4.98 Å². The van der Waals surface area contributed by atoms with E-state index < -0.39 is 0 Å². The van der Waals surface area contributed by atoms with E-state index in [0.717, 1.165) is 56.7 Å². The number of ether oxygens (including phenoxy) is 1. The minimum atomic E-state index is -0.124. The van der Waals surface area contributed by atoms with Crippen molar-refractivity contribution < 1.29 is 25.2 Å². The number of aryl methyl sites for hydroxylation is 5. The maximum absolute atomic E-state index is 6.64. The fourth-order valence-electron chi connectivity index (χ4n) is 7.04. The summed E-state index contributed by atoms with van der Waals surface area (Å²) in [6, 6.07) is 32.7. The number of pyridine rings is 1. The average Bonchev–Trinajstić information content (AvgIpc) is 3.53. The van der Waals surface area contributed by atoms with Crippen LogP contribution in [0.25, 0.3) is 44.4 Å². The minimum Gasteiger partial charge on any atom is -0.509 e. The maximum Gasteiger partial charge on any atom is 2.00 e. The van der Waals surface area contributed by atoms with E-state index in [4.69, 9.17) is 14.8 Å². The molecule has 0 amide bonds. The second-order valence-electron chi connectivity index (χ2n) is 14.0. The minimum absolute atomic E-state index is 0. The molecule has 0 aliphatic heterocycles. The maximum atomic E-state index is 6.64. The molecular weight excluding hydrogens is 695 g/mol. The molecule has 7 aromatic rings. The third-order valence-corrected chi connectivity index (χ3v) is 9.37. The van der Waals surface area contributed by atoms with Gasteiger partial charge in [-0.15, -0.1) is 41.3 Å². The molecule has 0 spiro atoms. The first-order valence-corrected chi connectivity index (χ1v) is 16.7. The van der Waals surface area contributed by atoms with Gasteiger partial charge in [0.1, 0.15) is 5.82 Å². The van der Waals surface area contributed by atoms with Crippen molar-refractivity contribution in [3.8, 4) is 34.1 Å². The van der Waals surface area contributed by atoms with Crippen molar-refractivity contribution in [2.24, 2.45) is 0 Å². The zero-order valence-electron chi connectivity index (χ0n) is 29.7. The van der Waals surface area contributed by atoms with Gasteiger partial charge in [0.25, 0.3) is 0 Å². The smallest absolute Gasteiger partial charge is 0.509 e. The fourth-order valence-corrected chi connectivity index (χ4v) is 7.04. The number of rotatable bonds is 6. The summed E-state index contributed by atoms with van der Waals surface area (Å²) in [5, 5.41) is 7.33. The van der Waals surface area contributed by atoms with Crippen LogP contribution >= 0.6 is 0 Å². The van der Waals surface area contributed by atoms with Gasteiger partial charge in [0.15, 0.2) is 0 Å². The Kier molecular flexibility index (Phi) is 9.18. The van der Waals surface area contributed by atoms with Gasteiger partial charge in [-0.3, -0.25) is 4.68 Å². The number of benzene rings is 4. The molecule has 7 rings (SSSR count). The Morgan fingerprint density at radius 1 is 0.776 bits per heavy atom. The van der Waals surface area contributed by atoms with E-state index in [1.54, 1.807) is 0 Å². The van der Waals surface area contributed by atoms with Crippen molar-refractivity contribution in [1.82, 2.24) is 19.3 Å². The molecule has 0 aliphatic rings. The summed E-state index contributed by atoms with van der Waals surface area (Å²) in [7, 11) is 0. The van der Waals surface area contributed by atoms with E-state index in [9.17, 15) is 0 Å². The molecule has 49 heavy (non-hydrogen) atoms. The first-order chi connectivity index (χ1) is 22.9. The van der Waals surface area contributed by atoms with Crippen molar-refractivity contribution in [2.75, 3.05) is 0 Å². The van der Waals surface area contributed by atoms with E-state index in [1.807, 2.05) is 16.9 Å². The summed E-state index contributed by atoms with van der Waals surface area (Å²) in [5.74, 6) is 2.11. The Morgan fingerprint density at radius 3 is 2.22 bits per heavy atom. The van der Waals surface area contributed by atoms with Crippen molar-refractivity contribution in [3.05, 3.63) is 130 Å². The summed E-state index contributed by atoms with van der Waals surface area (Å²) in [6.45, 7) is 19.6. The standard InChI is InChI=1S/C43H42N4O.Pd/c1-10-31-17-18-44-40(21-31)46-38-14-12-11-13-36(38)37-16-15-34(25-39(37)46)48-35-23-32(43(7,8)9)22-33(24-35)47-30(6)42(29(5)45-47)41-27(3)19-26(2)20-28(41)4;/h11-23H,10H2,1-9H3;/q-2;+2. The molecule has 5 nitrogen and oxygen atoms in total. The van der Waals surface area contributed by atoms with Crippen LogP contribution in [0.4, 0.5) is 0 Å². The van der Waals surface area contributed by atoms with E-state index in [2.05, 4.69) is 146 Å². The Balaban J connectivity index is 0.00000417. The van der Waals surface area contributed by atoms with Crippen LogP contribution in [0.5, 0.6) is 11.5 Å². The molecular formula is C43H42N4OPd. The van der Waals surface area contributed by atoms with E-state index in [1.165, 1.54) is 33.4 Å². The van der Waals surface area contributed by atoms with E-state index in [0.29, 0.717) is 11.5 Å². The van der Waals surface area contributed by atoms with Crippen LogP contribution in [0.15, 0.2) is 79.0 Å². The van der Waals surface area contributed by atoms with Crippen molar-refractivity contribution >= 4 is 21.8 Å². The summed E-state index contributed by atoms with van der Waals surface area (Å²) < 4.78 is 10.8. The number of hydrogen-bond acceptors (Lipinski definition) is 3. The number of nitrogens with zero attached hydrogens (tertiary/aromatic N) is 4. The van der Waals surface area contributed by atoms with Gasteiger partial charge in [-0.05, 0) is 98.0 Å². The molecule has 3 heterocycles. The monoisotopic (exact) mass is 736 g/mol. The predicted molar refractivity (Wildman–Crippen MR) is 197 cm³/mol. The third-order valence-electron chi connectivity index (χ3n) is 9.37. The van der Waals surface area contributed by atoms with Crippen LogP contribution < -0.4 is 4.74 Å². The number of hydrogen-bond donors (Lipinski definition) is 0. The molecule has 0 fully saturated rings. The van der Waals surface area contributed by atoms with Crippen molar-refractivity contribution in [3.63, 3.8) is 0 Å². The van der Waals surface area contributed by atoms with E-state index in [-0.39, 0.29) is 25.8 Å². The van der Waals surface area contributed by atoms with Gasteiger partial charge in [-0.2, -0.15) is 11.2 Å². The molecule has 250 valence electrons. The van der Waals surface area contributed by atoms with Gasteiger partial charge in [-0.1, -0.05) is 69.1 Å². The van der Waals surface area contributed by atoms with Crippen molar-refractivity contribution in [1.29, 1.82) is 0 Å². The van der Waals surface area contributed by atoms with Gasteiger partial charge in [0.05, 0.1) is 5.69 Å². The normalized spacial score (nSPS) is 11.7. The van der Waals surface area contributed by atoms with Crippen LogP contribution in [-0.2, 0) is 32.3 Å². The molecule has 0 bridgehead atoms. The predicted octanol–water partition coefficient (Wildman–Crippen LogP) is 10.8. The fraction of sp³-hybridized carbons (Fsp3) is 0.256. The molecule has 4 aromatic carbocycles. The van der Waals surface area contributed by atoms with Gasteiger partial charge >= 0.3 is 20.4 Å². The van der Waals surface area contributed by atoms with Gasteiger partial charge < -0.3 is 9.30 Å². The molecule has 0 unspecified atom stereocenters. The first-order valence-electron chi connectivity index (χ1n) is 16.7. The molecule has 0 aliphatic carbocycles. The Labute approximate surface area is 303 Å². The summed E-state index contributed by atoms with van der Waals surface area (Å²) in [4.78, 5) is 4.77. The van der Waals surface area contributed by atoms with Crippen molar-refractivity contribution in [2.45, 2.75) is 74.1 Å². The zero-order valence-corrected chi connectivity index (χ0v) is 31.3. The largest absolute Gasteiger partial charge is 2.00 e. The van der Waals surface area contributed by atoms with Gasteiger partial charge in [0.2, 0.25) is 0 Å². The first kappa shape index (κ1) is 34.4. The molecule has 6 heteroatoms. The average molecular weight is 737 g/mol. The molecule has 0 saturated heterocycles. The zero-order chi connectivity index (χ0) is 33.9. The third kappa shape index (κ3) is 6.25. The van der Waals surface area contributed by atoms with E-state index >= 15 is 0 Å². The summed E-state index contributed by atoms with van der Waals surface area (Å²) >= 11 is 0. The Hall–Kier alpha value is -4.50. The van der Waals surface area contributed by atoms with Crippen LogP contribution in [0, 0.1) is 46.8 Å². The topological polar surface area (TPSA) is 44.9 Å². The Bertz CT molecular complexity index is 2330. The number of para-hydroxylation sites is 1. The molecule has 0 saturated carbocycles. The molecule has 0 N–H and O–H groups in total. The quantitative estimate of drug-likeness (QED) is 0.126. The summed E-state index contributed by atoms with van der Waals surface area (Å²) in [6.07, 6.45) is 2.82. The molecule has 0 atom stereocenters.